The number of nitrogens with zero attached hydrogens (tertiary/aromatic N) is 1. The highest BCUT2D eigenvalue weighted by molar-refractivity contribution is 7.80. The van der Waals surface area contributed by atoms with E-state index in [9.17, 15) is 33.5 Å². The quantitative estimate of drug-likeness (QED) is 0.0762. The lowest BCUT2D eigenvalue weighted by atomic mass is 10.0. The highest BCUT2D eigenvalue weighted by atomic mass is 32.1. The summed E-state index contributed by atoms with van der Waals surface area (Å²) in [6.07, 6.45) is 2.82. The summed E-state index contributed by atoms with van der Waals surface area (Å²) in [5.74, 6) is -4.74. The first-order chi connectivity index (χ1) is 24.6. The molecular formula is C36H35FN6O6S2. The molecule has 0 saturated heterocycles. The van der Waals surface area contributed by atoms with E-state index in [1.807, 2.05) is 29.6 Å². The lowest BCUT2D eigenvalue weighted by Gasteiger charge is -2.26. The molecular weight excluding hydrogens is 696 g/mol. The first-order valence-corrected chi connectivity index (χ1v) is 17.4. The summed E-state index contributed by atoms with van der Waals surface area (Å²) >= 11 is 5.71. The first-order valence-electron chi connectivity index (χ1n) is 15.9. The van der Waals surface area contributed by atoms with E-state index in [0.717, 1.165) is 27.8 Å². The van der Waals surface area contributed by atoms with E-state index in [-0.39, 0.29) is 30.6 Å². The van der Waals surface area contributed by atoms with Crippen molar-refractivity contribution in [1.29, 1.82) is 0 Å². The summed E-state index contributed by atoms with van der Waals surface area (Å²) in [6.45, 7) is 0. The molecule has 2 aromatic heterocycles. The first kappa shape index (κ1) is 36.7. The van der Waals surface area contributed by atoms with Gasteiger partial charge in [-0.2, -0.15) is 12.6 Å². The molecule has 0 aliphatic rings. The summed E-state index contributed by atoms with van der Waals surface area (Å²) in [6, 6.07) is 16.3. The predicted molar refractivity (Wildman–Crippen MR) is 193 cm³/mol. The minimum atomic E-state index is -1.33. The maximum atomic E-state index is 14.1. The van der Waals surface area contributed by atoms with Crippen molar-refractivity contribution in [2.75, 3.05) is 5.75 Å². The molecule has 264 valence electrons. The zero-order valence-corrected chi connectivity index (χ0v) is 28.8. The number of H-pyrrole nitrogens is 1. The van der Waals surface area contributed by atoms with Crippen molar-refractivity contribution in [1.82, 2.24) is 31.2 Å². The third kappa shape index (κ3) is 10.0. The fourth-order valence-corrected chi connectivity index (χ4v) is 6.58. The number of hydrogen-bond acceptors (Lipinski definition) is 8. The van der Waals surface area contributed by atoms with E-state index < -0.39 is 59.6 Å². The number of benzene rings is 3. The van der Waals surface area contributed by atoms with Gasteiger partial charge in [0.1, 0.15) is 30.0 Å². The monoisotopic (exact) mass is 730 g/mol. The van der Waals surface area contributed by atoms with Gasteiger partial charge in [-0.05, 0) is 52.2 Å². The molecule has 15 heteroatoms. The second-order valence-electron chi connectivity index (χ2n) is 11.7. The molecule has 2 heterocycles. The SMILES string of the molecule is O=C(N[C@H](CS)C(=O)N[C@@H](Cc1csc2ccccc12)C(=O)N[C@H](Cc1ccccc1)C(=O)N[C@@H](Cc1cnc[nH]1)C(=O)O)c1ccc(F)cc1. The van der Waals surface area contributed by atoms with Gasteiger partial charge < -0.3 is 31.4 Å². The molecule has 0 bridgehead atoms. The number of thiol groups is 1. The van der Waals surface area contributed by atoms with Crippen LogP contribution >= 0.6 is 24.0 Å². The molecule has 4 atom stereocenters. The van der Waals surface area contributed by atoms with E-state index in [1.54, 1.807) is 30.3 Å². The Morgan fingerprint density at radius 3 is 2.04 bits per heavy atom. The topological polar surface area (TPSA) is 182 Å². The minimum absolute atomic E-state index is 0.0177. The minimum Gasteiger partial charge on any atom is -0.480 e. The third-order valence-corrected chi connectivity index (χ3v) is 9.42. The number of aromatic amines is 1. The average Bonchev–Trinajstić information content (AvgIpc) is 3.80. The van der Waals surface area contributed by atoms with Crippen molar-refractivity contribution in [3.8, 4) is 0 Å². The summed E-state index contributed by atoms with van der Waals surface area (Å²) in [5.41, 5.74) is 2.07. The largest absolute Gasteiger partial charge is 0.480 e. The molecule has 3 aromatic carbocycles. The predicted octanol–water partition coefficient (Wildman–Crippen LogP) is 3.06. The molecule has 0 fully saturated rings. The van der Waals surface area contributed by atoms with Gasteiger partial charge in [-0.15, -0.1) is 11.3 Å². The number of halogens is 1. The summed E-state index contributed by atoms with van der Waals surface area (Å²) in [5, 5.41) is 23.2. The molecule has 6 N–H and O–H groups in total. The van der Waals surface area contributed by atoms with Crippen LogP contribution in [-0.4, -0.2) is 74.6 Å². The van der Waals surface area contributed by atoms with Gasteiger partial charge in [-0.1, -0.05) is 48.5 Å². The maximum Gasteiger partial charge on any atom is 0.326 e. The Kier molecular flexibility index (Phi) is 12.5. The van der Waals surface area contributed by atoms with Gasteiger partial charge in [-0.3, -0.25) is 19.2 Å². The number of hydrogen-bond donors (Lipinski definition) is 7. The molecule has 12 nitrogen and oxygen atoms in total. The number of aromatic nitrogens is 2. The Morgan fingerprint density at radius 2 is 1.39 bits per heavy atom. The molecule has 5 aromatic rings. The van der Waals surface area contributed by atoms with Gasteiger partial charge in [0.25, 0.3) is 5.91 Å². The third-order valence-electron chi connectivity index (χ3n) is 8.04. The van der Waals surface area contributed by atoms with Crippen molar-refractivity contribution in [3.63, 3.8) is 0 Å². The standard InChI is InChI=1S/C36H35FN6O6S2/c37-24-12-10-22(11-13-24)32(44)43-30(18-50)35(47)41-28(15-23-19-51-31-9-5-4-8-26(23)31)34(46)40-27(14-21-6-2-1-3-7-21)33(45)42-29(36(48)49)16-25-17-38-20-39-25/h1-13,17,19-20,27-30,50H,14-16,18H2,(H,38,39)(H,40,46)(H,41,47)(H,42,45)(H,43,44)(H,48,49)/t27-,28+,29+,30-/m1/s1. The van der Waals surface area contributed by atoms with Crippen molar-refractivity contribution >= 4 is 63.6 Å². The Bertz CT molecular complexity index is 1970. The Balaban J connectivity index is 1.39. The number of carbonyl (C=O) groups excluding carboxylic acids is 4. The fourth-order valence-electron chi connectivity index (χ4n) is 5.35. The second kappa shape index (κ2) is 17.4. The number of nitrogens with one attached hydrogen (secondary N) is 5. The normalized spacial score (nSPS) is 13.4. The Hall–Kier alpha value is -5.54. The number of imidazole rings is 1. The van der Waals surface area contributed by atoms with Crippen LogP contribution in [0.2, 0.25) is 0 Å². The molecule has 0 radical (unpaired) electrons. The molecule has 5 rings (SSSR count). The zero-order valence-electron chi connectivity index (χ0n) is 27.0. The smallest absolute Gasteiger partial charge is 0.326 e. The van der Waals surface area contributed by atoms with Gasteiger partial charge in [0.05, 0.1) is 6.33 Å². The van der Waals surface area contributed by atoms with Crippen LogP contribution in [0.4, 0.5) is 4.39 Å². The van der Waals surface area contributed by atoms with E-state index in [4.69, 9.17) is 0 Å². The van der Waals surface area contributed by atoms with Crippen molar-refractivity contribution in [2.24, 2.45) is 0 Å². The Morgan fingerprint density at radius 1 is 0.765 bits per heavy atom. The van der Waals surface area contributed by atoms with Gasteiger partial charge in [0.15, 0.2) is 0 Å². The van der Waals surface area contributed by atoms with Crippen molar-refractivity contribution in [2.45, 2.75) is 43.4 Å². The molecule has 0 unspecified atom stereocenters. The van der Waals surface area contributed by atoms with Crippen LogP contribution in [-0.2, 0) is 38.4 Å². The molecule has 51 heavy (non-hydrogen) atoms. The van der Waals surface area contributed by atoms with Gasteiger partial charge in [0, 0.05) is 47.2 Å². The Labute approximate surface area is 301 Å². The number of carboxylic acid groups (broad SMARTS) is 1. The van der Waals surface area contributed by atoms with Crippen LogP contribution in [0.5, 0.6) is 0 Å². The number of rotatable bonds is 16. The number of amides is 4. The highest BCUT2D eigenvalue weighted by Gasteiger charge is 2.32. The second-order valence-corrected chi connectivity index (χ2v) is 12.9. The maximum absolute atomic E-state index is 14.1. The molecule has 0 aliphatic heterocycles. The van der Waals surface area contributed by atoms with Crippen LogP contribution in [0.1, 0.15) is 27.2 Å². The van der Waals surface area contributed by atoms with Gasteiger partial charge in [-0.25, -0.2) is 14.2 Å². The van der Waals surface area contributed by atoms with Crippen molar-refractivity contribution < 1.29 is 33.5 Å². The fraction of sp³-hybridized carbons (Fsp3) is 0.222. The lowest BCUT2D eigenvalue weighted by Crippen LogP contribution is -2.59. The van der Waals surface area contributed by atoms with Crippen LogP contribution in [0, 0.1) is 5.82 Å². The number of carboxylic acids is 1. The van der Waals surface area contributed by atoms with Crippen LogP contribution in [0.25, 0.3) is 10.1 Å². The molecule has 0 aliphatic carbocycles. The summed E-state index contributed by atoms with van der Waals surface area (Å²) < 4.78 is 14.4. The number of aliphatic carboxylic acids is 1. The highest BCUT2D eigenvalue weighted by Crippen LogP contribution is 2.26. The van der Waals surface area contributed by atoms with Gasteiger partial charge in [0.2, 0.25) is 17.7 Å². The molecule has 4 amide bonds. The van der Waals surface area contributed by atoms with E-state index in [1.165, 1.54) is 36.0 Å². The summed E-state index contributed by atoms with van der Waals surface area (Å²) in [7, 11) is 0. The average molecular weight is 731 g/mol. The van der Waals surface area contributed by atoms with Crippen molar-refractivity contribution in [3.05, 3.63) is 125 Å². The number of thiophene rings is 1. The van der Waals surface area contributed by atoms with E-state index in [2.05, 4.69) is 43.9 Å². The van der Waals surface area contributed by atoms with Crippen LogP contribution in [0.3, 0.4) is 0 Å². The van der Waals surface area contributed by atoms with Crippen LogP contribution in [0.15, 0.2) is 96.8 Å². The van der Waals surface area contributed by atoms with E-state index in [0.29, 0.717) is 11.3 Å². The van der Waals surface area contributed by atoms with Gasteiger partial charge >= 0.3 is 5.97 Å². The van der Waals surface area contributed by atoms with Crippen LogP contribution < -0.4 is 21.3 Å². The van der Waals surface area contributed by atoms with E-state index >= 15 is 0 Å². The summed E-state index contributed by atoms with van der Waals surface area (Å²) in [4.78, 5) is 73.2. The lowest BCUT2D eigenvalue weighted by molar-refractivity contribution is -0.142. The molecule has 0 saturated carbocycles. The molecule has 0 spiro atoms. The number of fused-ring (bicyclic) bond motifs is 1. The zero-order chi connectivity index (χ0) is 36.3. The number of carbonyl (C=O) groups is 5.